The topological polar surface area (TPSA) is 38.3 Å². The first-order valence-corrected chi connectivity index (χ1v) is 9.52. The van der Waals surface area contributed by atoms with Crippen LogP contribution in [0, 0.1) is 6.92 Å². The van der Waals surface area contributed by atoms with Crippen LogP contribution in [0.25, 0.3) is 0 Å². The van der Waals surface area contributed by atoms with E-state index in [0.717, 1.165) is 28.9 Å². The summed E-state index contributed by atoms with van der Waals surface area (Å²) in [6.45, 7) is 6.12. The number of aryl methyl sites for hydroxylation is 1. The molecule has 0 bridgehead atoms. The largest absolute Gasteiger partial charge is 0.487 e. The van der Waals surface area contributed by atoms with Crippen LogP contribution in [0.5, 0.6) is 5.75 Å². The molecule has 0 aromatic heterocycles. The maximum absolute atomic E-state index is 12.6. The molecular formula is C21H23Cl2NO2. The fourth-order valence-corrected chi connectivity index (χ4v) is 3.95. The van der Waals surface area contributed by atoms with Crippen LogP contribution in [0.15, 0.2) is 36.4 Å². The Balaban J connectivity index is 1.71. The van der Waals surface area contributed by atoms with E-state index in [1.807, 2.05) is 39.0 Å². The SMILES string of the molecule is Cc1ccc2c(c1)OC(C)(C)CC2NC(=O)CCc1c(Cl)cccc1Cl. The van der Waals surface area contributed by atoms with Gasteiger partial charge < -0.3 is 10.1 Å². The summed E-state index contributed by atoms with van der Waals surface area (Å²) in [6.07, 6.45) is 1.57. The maximum atomic E-state index is 12.6. The van der Waals surface area contributed by atoms with Crippen molar-refractivity contribution in [1.82, 2.24) is 5.32 Å². The maximum Gasteiger partial charge on any atom is 0.220 e. The Hall–Kier alpha value is -1.71. The first kappa shape index (κ1) is 19.1. The van der Waals surface area contributed by atoms with Crippen LogP contribution in [0.2, 0.25) is 10.0 Å². The van der Waals surface area contributed by atoms with Crippen molar-refractivity contribution in [3.8, 4) is 5.75 Å². The van der Waals surface area contributed by atoms with Crippen molar-refractivity contribution in [3.63, 3.8) is 0 Å². The average molecular weight is 392 g/mol. The van der Waals surface area contributed by atoms with Gasteiger partial charge in [-0.05, 0) is 56.5 Å². The standard InChI is InChI=1S/C21H23Cl2NO2/c1-13-7-8-15-18(12-21(2,3)26-19(15)11-13)24-20(25)10-9-14-16(22)5-4-6-17(14)23/h4-8,11,18H,9-10,12H2,1-3H3,(H,24,25). The Kier molecular flexibility index (Phi) is 5.50. The number of hydrogen-bond donors (Lipinski definition) is 1. The lowest BCUT2D eigenvalue weighted by Crippen LogP contribution is -2.41. The molecule has 1 aliphatic heterocycles. The monoisotopic (exact) mass is 391 g/mol. The Bertz CT molecular complexity index is 813. The summed E-state index contributed by atoms with van der Waals surface area (Å²) >= 11 is 12.4. The number of carbonyl (C=O) groups excluding carboxylic acids is 1. The summed E-state index contributed by atoms with van der Waals surface area (Å²) < 4.78 is 6.09. The first-order chi connectivity index (χ1) is 12.2. The second kappa shape index (κ2) is 7.50. The van der Waals surface area contributed by atoms with Gasteiger partial charge in [0.25, 0.3) is 0 Å². The van der Waals surface area contributed by atoms with E-state index in [-0.39, 0.29) is 17.6 Å². The molecule has 1 heterocycles. The molecule has 2 aromatic rings. The molecule has 3 rings (SSSR count). The predicted octanol–water partition coefficient (Wildman–Crippen LogP) is 5.65. The fourth-order valence-electron chi connectivity index (χ4n) is 3.36. The summed E-state index contributed by atoms with van der Waals surface area (Å²) in [5.74, 6) is 0.830. The summed E-state index contributed by atoms with van der Waals surface area (Å²) in [4.78, 5) is 12.6. The van der Waals surface area contributed by atoms with Crippen molar-refractivity contribution in [2.45, 2.75) is 51.7 Å². The van der Waals surface area contributed by atoms with Crippen LogP contribution >= 0.6 is 23.2 Å². The smallest absolute Gasteiger partial charge is 0.220 e. The van der Waals surface area contributed by atoms with Gasteiger partial charge in [0.15, 0.2) is 0 Å². The van der Waals surface area contributed by atoms with E-state index in [9.17, 15) is 4.79 Å². The molecule has 0 radical (unpaired) electrons. The van der Waals surface area contributed by atoms with Crippen LogP contribution in [-0.2, 0) is 11.2 Å². The van der Waals surface area contributed by atoms with Crippen molar-refractivity contribution in [3.05, 3.63) is 63.1 Å². The quantitative estimate of drug-likeness (QED) is 0.730. The Labute approximate surface area is 164 Å². The van der Waals surface area contributed by atoms with Crippen LogP contribution in [0.3, 0.4) is 0 Å². The third kappa shape index (κ3) is 4.33. The highest BCUT2D eigenvalue weighted by Gasteiger charge is 2.34. The minimum Gasteiger partial charge on any atom is -0.487 e. The molecule has 0 fully saturated rings. The third-order valence-corrected chi connectivity index (χ3v) is 5.33. The lowest BCUT2D eigenvalue weighted by atomic mass is 9.89. The lowest BCUT2D eigenvalue weighted by molar-refractivity contribution is -0.122. The summed E-state index contributed by atoms with van der Waals surface area (Å²) in [6, 6.07) is 11.4. The molecule has 5 heteroatoms. The Morgan fingerprint density at radius 3 is 2.62 bits per heavy atom. The van der Waals surface area contributed by atoms with E-state index in [4.69, 9.17) is 27.9 Å². The molecule has 1 atom stereocenters. The van der Waals surface area contributed by atoms with E-state index < -0.39 is 0 Å². The molecule has 138 valence electrons. The molecular weight excluding hydrogens is 369 g/mol. The predicted molar refractivity (Wildman–Crippen MR) is 106 cm³/mol. The van der Waals surface area contributed by atoms with Gasteiger partial charge in [-0.1, -0.05) is 41.4 Å². The lowest BCUT2D eigenvalue weighted by Gasteiger charge is -2.38. The van der Waals surface area contributed by atoms with Gasteiger partial charge in [-0.3, -0.25) is 4.79 Å². The molecule has 2 aromatic carbocycles. The molecule has 1 unspecified atom stereocenters. The zero-order valence-corrected chi connectivity index (χ0v) is 16.7. The summed E-state index contributed by atoms with van der Waals surface area (Å²) in [5, 5.41) is 4.35. The molecule has 1 aliphatic rings. The molecule has 0 saturated carbocycles. The van der Waals surface area contributed by atoms with Gasteiger partial charge in [-0.15, -0.1) is 0 Å². The van der Waals surface area contributed by atoms with Crippen LogP contribution in [0.1, 0.15) is 49.4 Å². The molecule has 1 N–H and O–H groups in total. The van der Waals surface area contributed by atoms with E-state index in [1.54, 1.807) is 18.2 Å². The van der Waals surface area contributed by atoms with Gasteiger partial charge >= 0.3 is 0 Å². The number of amides is 1. The molecule has 0 aliphatic carbocycles. The number of benzene rings is 2. The van der Waals surface area contributed by atoms with Crippen LogP contribution in [0.4, 0.5) is 0 Å². The second-order valence-electron chi connectivity index (χ2n) is 7.43. The normalized spacial score (nSPS) is 18.0. The highest BCUT2D eigenvalue weighted by molar-refractivity contribution is 6.36. The van der Waals surface area contributed by atoms with E-state index in [0.29, 0.717) is 22.9 Å². The van der Waals surface area contributed by atoms with Gasteiger partial charge in [0.1, 0.15) is 11.4 Å². The number of carbonyl (C=O) groups is 1. The van der Waals surface area contributed by atoms with Crippen molar-refractivity contribution >= 4 is 29.1 Å². The molecule has 26 heavy (non-hydrogen) atoms. The highest BCUT2D eigenvalue weighted by Crippen LogP contribution is 2.40. The van der Waals surface area contributed by atoms with Crippen molar-refractivity contribution in [1.29, 1.82) is 0 Å². The van der Waals surface area contributed by atoms with Crippen molar-refractivity contribution in [2.75, 3.05) is 0 Å². The minimum atomic E-state index is -0.329. The molecule has 0 spiro atoms. The zero-order chi connectivity index (χ0) is 18.9. The van der Waals surface area contributed by atoms with Crippen LogP contribution < -0.4 is 10.1 Å². The summed E-state index contributed by atoms with van der Waals surface area (Å²) in [5.41, 5.74) is 2.65. The van der Waals surface area contributed by atoms with Crippen LogP contribution in [-0.4, -0.2) is 11.5 Å². The van der Waals surface area contributed by atoms with Crippen molar-refractivity contribution < 1.29 is 9.53 Å². The second-order valence-corrected chi connectivity index (χ2v) is 8.24. The Morgan fingerprint density at radius 2 is 1.92 bits per heavy atom. The number of halogens is 2. The first-order valence-electron chi connectivity index (χ1n) is 8.77. The van der Waals surface area contributed by atoms with E-state index >= 15 is 0 Å². The minimum absolute atomic E-state index is 0.0183. The van der Waals surface area contributed by atoms with Gasteiger partial charge in [-0.25, -0.2) is 0 Å². The number of hydrogen-bond acceptors (Lipinski definition) is 2. The van der Waals surface area contributed by atoms with Gasteiger partial charge in [-0.2, -0.15) is 0 Å². The number of ether oxygens (including phenoxy) is 1. The molecule has 0 saturated heterocycles. The Morgan fingerprint density at radius 1 is 1.23 bits per heavy atom. The van der Waals surface area contributed by atoms with Gasteiger partial charge in [0.05, 0.1) is 6.04 Å². The van der Waals surface area contributed by atoms with Gasteiger partial charge in [0.2, 0.25) is 5.91 Å². The zero-order valence-electron chi connectivity index (χ0n) is 15.2. The third-order valence-electron chi connectivity index (χ3n) is 4.63. The van der Waals surface area contributed by atoms with Crippen molar-refractivity contribution in [2.24, 2.45) is 0 Å². The molecule has 3 nitrogen and oxygen atoms in total. The average Bonchev–Trinajstić information content (AvgIpc) is 2.52. The summed E-state index contributed by atoms with van der Waals surface area (Å²) in [7, 11) is 0. The van der Waals surface area contributed by atoms with Gasteiger partial charge in [0, 0.05) is 28.5 Å². The number of rotatable bonds is 4. The molecule has 1 amide bonds. The number of nitrogens with one attached hydrogen (secondary N) is 1. The van der Waals surface area contributed by atoms with E-state index in [1.165, 1.54) is 0 Å². The number of fused-ring (bicyclic) bond motifs is 1. The highest BCUT2D eigenvalue weighted by atomic mass is 35.5. The fraction of sp³-hybridized carbons (Fsp3) is 0.381. The van der Waals surface area contributed by atoms with E-state index in [2.05, 4.69) is 5.32 Å².